The zero-order valence-electron chi connectivity index (χ0n) is 11.3. The highest BCUT2D eigenvalue weighted by molar-refractivity contribution is 9.10. The number of rotatable bonds is 3. The quantitative estimate of drug-likeness (QED) is 0.640. The van der Waals surface area contributed by atoms with Crippen LogP contribution in [-0.4, -0.2) is 9.55 Å². The molecule has 20 heavy (non-hydrogen) atoms. The van der Waals surface area contributed by atoms with Crippen LogP contribution in [0.15, 0.2) is 65.9 Å². The Balaban J connectivity index is 2.22. The van der Waals surface area contributed by atoms with Crippen LogP contribution in [0.25, 0.3) is 11.0 Å². The van der Waals surface area contributed by atoms with Gasteiger partial charge >= 0.3 is 0 Å². The van der Waals surface area contributed by atoms with Crippen LogP contribution in [0.4, 0.5) is 0 Å². The molecule has 0 fully saturated rings. The van der Waals surface area contributed by atoms with Crippen molar-refractivity contribution in [2.75, 3.05) is 0 Å². The lowest BCUT2D eigenvalue weighted by Gasteiger charge is -2.12. The lowest BCUT2D eigenvalue weighted by molar-refractivity contribution is 0.927. The number of nitrogens with zero attached hydrogens (tertiary/aromatic N) is 2. The van der Waals surface area contributed by atoms with Crippen LogP contribution >= 0.6 is 15.9 Å². The van der Waals surface area contributed by atoms with Gasteiger partial charge in [-0.1, -0.05) is 36.4 Å². The summed E-state index contributed by atoms with van der Waals surface area (Å²) in [6, 6.07) is 12.5. The molecular formula is C17H15BrN2. The molecule has 0 aliphatic heterocycles. The van der Waals surface area contributed by atoms with Gasteiger partial charge in [-0.15, -0.1) is 6.58 Å². The molecule has 1 aromatic carbocycles. The second-order valence-corrected chi connectivity index (χ2v) is 5.76. The van der Waals surface area contributed by atoms with Crippen LogP contribution in [0.1, 0.15) is 17.0 Å². The molecule has 2 heterocycles. The van der Waals surface area contributed by atoms with Gasteiger partial charge in [-0.05, 0) is 33.1 Å². The highest BCUT2D eigenvalue weighted by Gasteiger charge is 2.17. The molecule has 0 amide bonds. The molecule has 1 atom stereocenters. The highest BCUT2D eigenvalue weighted by atomic mass is 79.9. The van der Waals surface area contributed by atoms with E-state index in [-0.39, 0.29) is 5.92 Å². The van der Waals surface area contributed by atoms with E-state index in [9.17, 15) is 0 Å². The van der Waals surface area contributed by atoms with Gasteiger partial charge in [0.1, 0.15) is 5.65 Å². The van der Waals surface area contributed by atoms with Crippen molar-refractivity contribution in [2.24, 2.45) is 7.05 Å². The average Bonchev–Trinajstić information content (AvgIpc) is 2.78. The van der Waals surface area contributed by atoms with E-state index >= 15 is 0 Å². The zero-order valence-corrected chi connectivity index (χ0v) is 12.8. The SMILES string of the molecule is C=CC(c1ccccc1)c1cn(C)c2ncc(Br)cc12. The number of allylic oxidation sites excluding steroid dienone is 1. The maximum absolute atomic E-state index is 4.49. The summed E-state index contributed by atoms with van der Waals surface area (Å²) in [5, 5.41) is 1.16. The summed E-state index contributed by atoms with van der Waals surface area (Å²) in [6.45, 7) is 4.01. The molecule has 0 radical (unpaired) electrons. The number of aromatic nitrogens is 2. The molecule has 0 spiro atoms. The summed E-state index contributed by atoms with van der Waals surface area (Å²) in [6.07, 6.45) is 5.96. The monoisotopic (exact) mass is 326 g/mol. The molecule has 2 nitrogen and oxygen atoms in total. The second kappa shape index (κ2) is 5.25. The molecule has 3 rings (SSSR count). The van der Waals surface area contributed by atoms with Crippen molar-refractivity contribution in [3.05, 3.63) is 77.0 Å². The van der Waals surface area contributed by atoms with Crippen molar-refractivity contribution in [3.8, 4) is 0 Å². The normalized spacial score (nSPS) is 12.5. The largest absolute Gasteiger partial charge is 0.335 e. The summed E-state index contributed by atoms with van der Waals surface area (Å²) >= 11 is 3.51. The Kier molecular flexibility index (Phi) is 3.45. The zero-order chi connectivity index (χ0) is 14.1. The van der Waals surface area contributed by atoms with Crippen LogP contribution in [0.2, 0.25) is 0 Å². The maximum atomic E-state index is 4.49. The van der Waals surface area contributed by atoms with Gasteiger partial charge in [-0.2, -0.15) is 0 Å². The molecule has 2 aromatic heterocycles. The van der Waals surface area contributed by atoms with Gasteiger partial charge in [0.05, 0.1) is 0 Å². The van der Waals surface area contributed by atoms with E-state index in [2.05, 4.69) is 68.6 Å². The molecule has 0 aliphatic rings. The fraction of sp³-hybridized carbons (Fsp3) is 0.118. The van der Waals surface area contributed by atoms with Crippen molar-refractivity contribution in [2.45, 2.75) is 5.92 Å². The Labute approximate surface area is 126 Å². The minimum absolute atomic E-state index is 0.177. The fourth-order valence-corrected chi connectivity index (χ4v) is 2.95. The number of halogens is 1. The van der Waals surface area contributed by atoms with Gasteiger partial charge < -0.3 is 4.57 Å². The van der Waals surface area contributed by atoms with E-state index in [1.54, 1.807) is 0 Å². The van der Waals surface area contributed by atoms with Gasteiger partial charge in [0, 0.05) is 35.2 Å². The predicted molar refractivity (Wildman–Crippen MR) is 86.9 cm³/mol. The molecule has 1 unspecified atom stereocenters. The first kappa shape index (κ1) is 13.1. The third-order valence-corrected chi connectivity index (χ3v) is 3.97. The van der Waals surface area contributed by atoms with Crippen molar-refractivity contribution >= 4 is 27.0 Å². The van der Waals surface area contributed by atoms with E-state index < -0.39 is 0 Å². The van der Waals surface area contributed by atoms with Gasteiger partial charge in [0.15, 0.2) is 0 Å². The van der Waals surface area contributed by atoms with Crippen LogP contribution in [0.3, 0.4) is 0 Å². The number of benzene rings is 1. The first-order valence-corrected chi connectivity index (χ1v) is 7.28. The second-order valence-electron chi connectivity index (χ2n) is 4.84. The molecule has 0 saturated heterocycles. The number of hydrogen-bond donors (Lipinski definition) is 0. The Morgan fingerprint density at radius 3 is 2.75 bits per heavy atom. The van der Waals surface area contributed by atoms with Crippen LogP contribution in [0, 0.1) is 0 Å². The lowest BCUT2D eigenvalue weighted by Crippen LogP contribution is -1.96. The third-order valence-electron chi connectivity index (χ3n) is 3.54. The number of fused-ring (bicyclic) bond motifs is 1. The first-order chi connectivity index (χ1) is 9.70. The molecule has 0 N–H and O–H groups in total. The summed E-state index contributed by atoms with van der Waals surface area (Å²) in [4.78, 5) is 4.49. The minimum Gasteiger partial charge on any atom is -0.335 e. The molecular weight excluding hydrogens is 312 g/mol. The van der Waals surface area contributed by atoms with Gasteiger partial charge in [-0.25, -0.2) is 4.98 Å². The van der Waals surface area contributed by atoms with E-state index in [1.807, 2.05) is 25.4 Å². The molecule has 0 aliphatic carbocycles. The summed E-state index contributed by atoms with van der Waals surface area (Å²) in [5.74, 6) is 0.177. The number of hydrogen-bond acceptors (Lipinski definition) is 1. The van der Waals surface area contributed by atoms with E-state index in [1.165, 1.54) is 11.1 Å². The van der Waals surface area contributed by atoms with Crippen LogP contribution < -0.4 is 0 Å². The van der Waals surface area contributed by atoms with Crippen molar-refractivity contribution in [1.82, 2.24) is 9.55 Å². The van der Waals surface area contributed by atoms with Gasteiger partial charge in [0.25, 0.3) is 0 Å². The number of pyridine rings is 1. The topological polar surface area (TPSA) is 17.8 Å². The van der Waals surface area contributed by atoms with E-state index in [0.29, 0.717) is 0 Å². The molecule has 100 valence electrons. The average molecular weight is 327 g/mol. The van der Waals surface area contributed by atoms with Crippen LogP contribution in [-0.2, 0) is 7.05 Å². The molecule has 3 heteroatoms. The van der Waals surface area contributed by atoms with Crippen molar-refractivity contribution in [3.63, 3.8) is 0 Å². The van der Waals surface area contributed by atoms with Gasteiger partial charge in [-0.3, -0.25) is 0 Å². The third kappa shape index (κ3) is 2.18. The first-order valence-electron chi connectivity index (χ1n) is 6.48. The Morgan fingerprint density at radius 1 is 1.30 bits per heavy atom. The Hall–Kier alpha value is -1.87. The van der Waals surface area contributed by atoms with E-state index in [4.69, 9.17) is 0 Å². The standard InChI is InChI=1S/C17H15BrN2/c1-3-14(12-7-5-4-6-8-12)16-11-20(2)17-15(16)9-13(18)10-19-17/h3-11,14H,1H2,2H3. The van der Waals surface area contributed by atoms with E-state index in [0.717, 1.165) is 15.5 Å². The van der Waals surface area contributed by atoms with Crippen LogP contribution in [0.5, 0.6) is 0 Å². The summed E-state index contributed by atoms with van der Waals surface area (Å²) in [5.41, 5.74) is 3.47. The van der Waals surface area contributed by atoms with Gasteiger partial charge in [0.2, 0.25) is 0 Å². The fourth-order valence-electron chi connectivity index (χ4n) is 2.62. The Bertz CT molecular complexity index is 759. The summed E-state index contributed by atoms with van der Waals surface area (Å²) in [7, 11) is 2.03. The lowest BCUT2D eigenvalue weighted by atomic mass is 9.92. The predicted octanol–water partition coefficient (Wildman–Crippen LogP) is 4.65. The van der Waals surface area contributed by atoms with Crippen molar-refractivity contribution in [1.29, 1.82) is 0 Å². The molecule has 0 saturated carbocycles. The smallest absolute Gasteiger partial charge is 0.139 e. The maximum Gasteiger partial charge on any atom is 0.139 e. The molecule has 3 aromatic rings. The minimum atomic E-state index is 0.177. The van der Waals surface area contributed by atoms with Crippen molar-refractivity contribution < 1.29 is 0 Å². The summed E-state index contributed by atoms with van der Waals surface area (Å²) < 4.78 is 3.06. The Morgan fingerprint density at radius 2 is 2.05 bits per heavy atom. The molecule has 0 bridgehead atoms. The highest BCUT2D eigenvalue weighted by Crippen LogP contribution is 2.33. The number of aryl methyl sites for hydroxylation is 1.